The lowest BCUT2D eigenvalue weighted by molar-refractivity contribution is -0.139. The molecule has 13 heteroatoms. The van der Waals surface area contributed by atoms with Crippen LogP contribution in [-0.4, -0.2) is 74.7 Å². The first kappa shape index (κ1) is 27.2. The van der Waals surface area contributed by atoms with Gasteiger partial charge < -0.3 is 18.6 Å². The molecule has 2 fully saturated rings. The Morgan fingerprint density at radius 2 is 1.86 bits per heavy atom. The molecule has 0 N–H and O–H groups in total. The predicted octanol–water partition coefficient (Wildman–Crippen LogP) is 3.51. The van der Waals surface area contributed by atoms with Crippen molar-refractivity contribution in [2.24, 2.45) is 0 Å². The van der Waals surface area contributed by atoms with E-state index in [-0.39, 0.29) is 44.8 Å². The number of halogens is 1. The number of hydrogen-bond acceptors (Lipinski definition) is 9. The number of nitrogens with zero attached hydrogens (tertiary/aromatic N) is 2. The highest BCUT2D eigenvalue weighted by molar-refractivity contribution is 9.10. The van der Waals surface area contributed by atoms with Crippen molar-refractivity contribution in [1.82, 2.24) is 9.80 Å². The molecule has 0 bridgehead atoms. The first-order valence-corrected chi connectivity index (χ1v) is 14.3. The second-order valence-corrected chi connectivity index (χ2v) is 11.3. The number of morpholine rings is 1. The zero-order valence-electron chi connectivity index (χ0n) is 19.7. The molecule has 37 heavy (non-hydrogen) atoms. The zero-order chi connectivity index (χ0) is 26.6. The summed E-state index contributed by atoms with van der Waals surface area (Å²) < 4.78 is 42.0. The van der Waals surface area contributed by atoms with E-state index in [1.807, 2.05) is 0 Å². The molecule has 0 aliphatic carbocycles. The lowest BCUT2D eigenvalue weighted by Gasteiger charge is -2.28. The minimum Gasteiger partial charge on any atom is -0.490 e. The molecule has 0 radical (unpaired) electrons. The van der Waals surface area contributed by atoms with Gasteiger partial charge in [0.15, 0.2) is 11.5 Å². The molecule has 2 aromatic carbocycles. The first-order valence-electron chi connectivity index (χ1n) is 11.3. The van der Waals surface area contributed by atoms with E-state index in [0.29, 0.717) is 31.9 Å². The molecule has 2 saturated heterocycles. The van der Waals surface area contributed by atoms with Crippen molar-refractivity contribution in [3.63, 3.8) is 0 Å². The SMILES string of the molecule is CCOc1cc(/C=C2\SC(=O)N(CC(=O)N3CCOCC3)C2=O)cc(Br)c1OS(=O)(=O)c1ccccc1. The van der Waals surface area contributed by atoms with Crippen molar-refractivity contribution in [3.8, 4) is 11.5 Å². The molecule has 2 aromatic rings. The van der Waals surface area contributed by atoms with Crippen LogP contribution in [0.2, 0.25) is 0 Å². The van der Waals surface area contributed by atoms with E-state index in [2.05, 4.69) is 15.9 Å². The highest BCUT2D eigenvalue weighted by atomic mass is 79.9. The Morgan fingerprint density at radius 3 is 2.54 bits per heavy atom. The van der Waals surface area contributed by atoms with Crippen LogP contribution in [0.5, 0.6) is 11.5 Å². The van der Waals surface area contributed by atoms with Crippen molar-refractivity contribution >= 4 is 60.9 Å². The average Bonchev–Trinajstić information content (AvgIpc) is 3.14. The fourth-order valence-corrected chi connectivity index (χ4v) is 6.06. The van der Waals surface area contributed by atoms with Crippen LogP contribution in [0.1, 0.15) is 12.5 Å². The third kappa shape index (κ3) is 6.35. The first-order chi connectivity index (χ1) is 17.7. The average molecular weight is 611 g/mol. The highest BCUT2D eigenvalue weighted by Crippen LogP contribution is 2.40. The number of carbonyl (C=O) groups is 3. The molecule has 4 rings (SSSR count). The molecule has 2 aliphatic heterocycles. The lowest BCUT2D eigenvalue weighted by Crippen LogP contribution is -2.46. The number of amides is 3. The molecule has 0 atom stereocenters. The minimum absolute atomic E-state index is 0.0197. The maximum Gasteiger partial charge on any atom is 0.339 e. The van der Waals surface area contributed by atoms with Crippen molar-refractivity contribution < 1.29 is 36.5 Å². The Morgan fingerprint density at radius 1 is 1.16 bits per heavy atom. The predicted molar refractivity (Wildman–Crippen MR) is 140 cm³/mol. The van der Waals surface area contributed by atoms with Gasteiger partial charge in [0.05, 0.1) is 29.2 Å². The van der Waals surface area contributed by atoms with E-state index in [4.69, 9.17) is 13.7 Å². The maximum absolute atomic E-state index is 12.9. The van der Waals surface area contributed by atoms with E-state index in [9.17, 15) is 22.8 Å². The van der Waals surface area contributed by atoms with Gasteiger partial charge in [0.1, 0.15) is 11.4 Å². The molecular weight excluding hydrogens is 588 g/mol. The monoisotopic (exact) mass is 610 g/mol. The summed E-state index contributed by atoms with van der Waals surface area (Å²) >= 11 is 4.05. The molecule has 0 aromatic heterocycles. The Bertz CT molecular complexity index is 1340. The van der Waals surface area contributed by atoms with Crippen LogP contribution in [0.15, 0.2) is 56.7 Å². The molecular formula is C24H23BrN2O8S2. The normalized spacial score (nSPS) is 17.4. The topological polar surface area (TPSA) is 120 Å². The van der Waals surface area contributed by atoms with E-state index >= 15 is 0 Å². The molecule has 2 heterocycles. The maximum atomic E-state index is 12.9. The van der Waals surface area contributed by atoms with Gasteiger partial charge in [-0.25, -0.2) is 0 Å². The van der Waals surface area contributed by atoms with E-state index in [1.165, 1.54) is 24.3 Å². The van der Waals surface area contributed by atoms with Crippen LogP contribution in [0.3, 0.4) is 0 Å². The Kier molecular flexibility index (Phi) is 8.57. The van der Waals surface area contributed by atoms with Crippen molar-refractivity contribution in [1.29, 1.82) is 0 Å². The summed E-state index contributed by atoms with van der Waals surface area (Å²) in [7, 11) is -4.13. The molecule has 196 valence electrons. The standard InChI is InChI=1S/C24H23BrN2O8S2/c1-2-34-19-13-16(12-18(25)22(19)35-37(31,32)17-6-4-3-5-7-17)14-20-23(29)27(24(30)36-20)15-21(28)26-8-10-33-11-9-26/h3-7,12-14H,2,8-11,15H2,1H3/b20-14-. The summed E-state index contributed by atoms with van der Waals surface area (Å²) in [4.78, 5) is 40.5. The van der Waals surface area contributed by atoms with Gasteiger partial charge in [-0.3, -0.25) is 19.3 Å². The van der Waals surface area contributed by atoms with Gasteiger partial charge in [0, 0.05) is 13.1 Å². The Hall–Kier alpha value is -2.87. The van der Waals surface area contributed by atoms with Gasteiger partial charge in [-0.15, -0.1) is 0 Å². The summed E-state index contributed by atoms with van der Waals surface area (Å²) in [6, 6.07) is 10.7. The quantitative estimate of drug-likeness (QED) is 0.326. The van der Waals surface area contributed by atoms with Crippen LogP contribution in [0.25, 0.3) is 6.08 Å². The van der Waals surface area contributed by atoms with E-state index in [0.717, 1.165) is 16.7 Å². The van der Waals surface area contributed by atoms with Crippen LogP contribution in [0.4, 0.5) is 4.79 Å². The van der Waals surface area contributed by atoms with Crippen molar-refractivity contribution in [2.45, 2.75) is 11.8 Å². The van der Waals surface area contributed by atoms with Crippen LogP contribution >= 0.6 is 27.7 Å². The van der Waals surface area contributed by atoms with E-state index in [1.54, 1.807) is 36.1 Å². The number of carbonyl (C=O) groups excluding carboxylic acids is 3. The largest absolute Gasteiger partial charge is 0.490 e. The molecule has 2 aliphatic rings. The Balaban J connectivity index is 1.56. The number of hydrogen-bond donors (Lipinski definition) is 0. The zero-order valence-corrected chi connectivity index (χ0v) is 22.9. The lowest BCUT2D eigenvalue weighted by atomic mass is 10.2. The summed E-state index contributed by atoms with van der Waals surface area (Å²) in [5.41, 5.74) is 0.463. The van der Waals surface area contributed by atoms with E-state index < -0.39 is 21.3 Å². The summed E-state index contributed by atoms with van der Waals surface area (Å²) in [6.07, 6.45) is 1.48. The minimum atomic E-state index is -4.13. The summed E-state index contributed by atoms with van der Waals surface area (Å²) in [6.45, 7) is 3.25. The molecule has 10 nitrogen and oxygen atoms in total. The third-order valence-corrected chi connectivity index (χ3v) is 8.12. The number of ether oxygens (including phenoxy) is 2. The van der Waals surface area contributed by atoms with Gasteiger partial charge in [-0.05, 0) is 70.5 Å². The van der Waals surface area contributed by atoms with Crippen LogP contribution in [-0.2, 0) is 24.4 Å². The summed E-state index contributed by atoms with van der Waals surface area (Å²) in [5.74, 6) is -0.830. The third-order valence-electron chi connectivity index (χ3n) is 5.39. The molecule has 0 spiro atoms. The van der Waals surface area contributed by atoms with Gasteiger partial charge >= 0.3 is 10.1 Å². The van der Waals surface area contributed by atoms with Crippen molar-refractivity contribution in [2.75, 3.05) is 39.5 Å². The molecule has 0 saturated carbocycles. The number of benzene rings is 2. The molecule has 3 amide bonds. The second-order valence-electron chi connectivity index (χ2n) is 7.87. The number of rotatable bonds is 8. The van der Waals surface area contributed by atoms with Gasteiger partial charge in [0.25, 0.3) is 11.1 Å². The Labute approximate surface area is 226 Å². The van der Waals surface area contributed by atoms with Gasteiger partial charge in [-0.2, -0.15) is 8.42 Å². The van der Waals surface area contributed by atoms with Crippen LogP contribution in [0, 0.1) is 0 Å². The number of imide groups is 1. The second kappa shape index (κ2) is 11.7. The fourth-order valence-electron chi connectivity index (χ4n) is 3.60. The smallest absolute Gasteiger partial charge is 0.339 e. The fraction of sp³-hybridized carbons (Fsp3) is 0.292. The summed E-state index contributed by atoms with van der Waals surface area (Å²) in [5, 5.41) is -0.545. The van der Waals surface area contributed by atoms with Gasteiger partial charge in [-0.1, -0.05) is 18.2 Å². The highest BCUT2D eigenvalue weighted by Gasteiger charge is 2.37. The van der Waals surface area contributed by atoms with Crippen LogP contribution < -0.4 is 8.92 Å². The number of thioether (sulfide) groups is 1. The molecule has 0 unspecified atom stereocenters. The van der Waals surface area contributed by atoms with Gasteiger partial charge in [0.2, 0.25) is 5.91 Å². The van der Waals surface area contributed by atoms with Crippen molar-refractivity contribution in [3.05, 3.63) is 57.4 Å².